The van der Waals surface area contributed by atoms with E-state index in [-0.39, 0.29) is 6.61 Å². The fourth-order valence-corrected chi connectivity index (χ4v) is 5.74. The molecule has 0 unspecified atom stereocenters. The third-order valence-corrected chi connectivity index (χ3v) is 9.66. The number of hydrogen-bond acceptors (Lipinski definition) is 15. The van der Waals surface area contributed by atoms with Gasteiger partial charge in [0.15, 0.2) is 18.3 Å². The summed E-state index contributed by atoms with van der Waals surface area (Å²) in [4.78, 5) is 80.5. The standard InChI is InChI=1S/C45H70O15/c1-40(2,3)34(46)53-22-24-21-26(56-36(48)42(7,8)9)25-19-20-52-32(28(24)25)60-33-31(59-39(51)45(16,17)18)30(58-38(50)44(13,14)15)29(57-37(49)43(10,11)12)27(55-33)23-54-35(47)41(4,5)6/h19-21,25-33H,22-23H2,1-18H3/t25-,26+,27+,28+,29+,30-,31+,32-,33-/m0/s1. The molecule has 1 saturated heterocycles. The number of carbonyl (C=O) groups excluding carboxylic acids is 6. The summed E-state index contributed by atoms with van der Waals surface area (Å²) in [6, 6.07) is 0. The van der Waals surface area contributed by atoms with Crippen LogP contribution in [0.5, 0.6) is 0 Å². The third-order valence-electron chi connectivity index (χ3n) is 9.66. The second-order valence-corrected chi connectivity index (χ2v) is 22.0. The van der Waals surface area contributed by atoms with Crippen LogP contribution in [0.1, 0.15) is 125 Å². The topological polar surface area (TPSA) is 185 Å². The van der Waals surface area contributed by atoms with E-state index in [1.54, 1.807) is 137 Å². The predicted molar refractivity (Wildman–Crippen MR) is 217 cm³/mol. The largest absolute Gasteiger partial charge is 0.472 e. The molecule has 2 heterocycles. The molecule has 0 N–H and O–H groups in total. The monoisotopic (exact) mass is 850 g/mol. The summed E-state index contributed by atoms with van der Waals surface area (Å²) in [7, 11) is 0. The van der Waals surface area contributed by atoms with Gasteiger partial charge in [-0.2, -0.15) is 0 Å². The highest BCUT2D eigenvalue weighted by atomic mass is 16.8. The highest BCUT2D eigenvalue weighted by Crippen LogP contribution is 2.44. The van der Waals surface area contributed by atoms with Crippen LogP contribution < -0.4 is 0 Å². The van der Waals surface area contributed by atoms with Crippen LogP contribution in [0.4, 0.5) is 0 Å². The highest BCUT2D eigenvalue weighted by Gasteiger charge is 2.57. The molecule has 0 bridgehead atoms. The Kier molecular flexibility index (Phi) is 15.2. The summed E-state index contributed by atoms with van der Waals surface area (Å²) in [5, 5.41) is 0. The van der Waals surface area contributed by atoms with Gasteiger partial charge in [-0.15, -0.1) is 0 Å². The first kappa shape index (κ1) is 50.4. The van der Waals surface area contributed by atoms with Crippen molar-refractivity contribution in [1.29, 1.82) is 0 Å². The van der Waals surface area contributed by atoms with Crippen LogP contribution in [0, 0.1) is 44.3 Å². The van der Waals surface area contributed by atoms with Crippen LogP contribution in [-0.4, -0.2) is 92.1 Å². The number of hydrogen-bond donors (Lipinski definition) is 0. The van der Waals surface area contributed by atoms with Gasteiger partial charge in [-0.3, -0.25) is 28.8 Å². The van der Waals surface area contributed by atoms with Gasteiger partial charge in [-0.05, 0) is 142 Å². The number of ether oxygens (including phenoxy) is 9. The van der Waals surface area contributed by atoms with Crippen molar-refractivity contribution in [2.45, 2.75) is 168 Å². The van der Waals surface area contributed by atoms with Crippen molar-refractivity contribution < 1.29 is 71.4 Å². The van der Waals surface area contributed by atoms with E-state index in [9.17, 15) is 28.8 Å². The molecule has 3 rings (SSSR count). The minimum absolute atomic E-state index is 0.201. The molecule has 15 nitrogen and oxygen atoms in total. The summed E-state index contributed by atoms with van der Waals surface area (Å²) in [5.41, 5.74) is -5.31. The molecule has 15 heteroatoms. The van der Waals surface area contributed by atoms with E-state index in [2.05, 4.69) is 0 Å². The molecular formula is C45H70O15. The molecule has 0 amide bonds. The number of esters is 6. The first-order valence-corrected chi connectivity index (χ1v) is 20.6. The lowest BCUT2D eigenvalue weighted by molar-refractivity contribution is -0.344. The molecule has 9 atom stereocenters. The summed E-state index contributed by atoms with van der Waals surface area (Å²) >= 11 is 0. The zero-order chi connectivity index (χ0) is 46.1. The summed E-state index contributed by atoms with van der Waals surface area (Å²) in [5.74, 6) is -5.03. The molecule has 3 aliphatic rings. The lowest BCUT2D eigenvalue weighted by atomic mass is 9.87. The molecule has 340 valence electrons. The molecule has 0 aromatic heterocycles. The lowest BCUT2D eigenvalue weighted by Gasteiger charge is -2.47. The first-order chi connectivity index (χ1) is 27.0. The van der Waals surface area contributed by atoms with Gasteiger partial charge < -0.3 is 42.6 Å². The van der Waals surface area contributed by atoms with Crippen LogP contribution in [0.15, 0.2) is 24.0 Å². The van der Waals surface area contributed by atoms with Crippen molar-refractivity contribution in [3.63, 3.8) is 0 Å². The average molecular weight is 851 g/mol. The van der Waals surface area contributed by atoms with Crippen molar-refractivity contribution in [3.05, 3.63) is 24.0 Å². The average Bonchev–Trinajstić information content (AvgIpc) is 3.43. The molecule has 1 aliphatic carbocycles. The third kappa shape index (κ3) is 13.0. The van der Waals surface area contributed by atoms with Crippen molar-refractivity contribution in [2.24, 2.45) is 44.3 Å². The van der Waals surface area contributed by atoms with E-state index in [1.807, 2.05) is 0 Å². The molecule has 0 aromatic carbocycles. The highest BCUT2D eigenvalue weighted by molar-refractivity contribution is 5.78. The lowest BCUT2D eigenvalue weighted by Crippen LogP contribution is -2.65. The van der Waals surface area contributed by atoms with Crippen LogP contribution in [-0.2, 0) is 71.4 Å². The van der Waals surface area contributed by atoms with Gasteiger partial charge in [0.1, 0.15) is 25.4 Å². The van der Waals surface area contributed by atoms with Crippen molar-refractivity contribution >= 4 is 35.8 Å². The maximum Gasteiger partial charge on any atom is 0.311 e. The zero-order valence-electron chi connectivity index (χ0n) is 39.0. The Morgan fingerprint density at radius 3 is 1.40 bits per heavy atom. The van der Waals surface area contributed by atoms with Crippen LogP contribution in [0.3, 0.4) is 0 Å². The maximum absolute atomic E-state index is 13.8. The number of fused-ring (bicyclic) bond motifs is 1. The second kappa shape index (κ2) is 18.2. The molecule has 0 saturated carbocycles. The Hall–Kier alpha value is -3.98. The van der Waals surface area contributed by atoms with Crippen LogP contribution in [0.2, 0.25) is 0 Å². The molecule has 0 radical (unpaired) electrons. The molecule has 0 spiro atoms. The Balaban J connectivity index is 2.22. The Morgan fingerprint density at radius 2 is 0.933 bits per heavy atom. The summed E-state index contributed by atoms with van der Waals surface area (Å²) in [6.45, 7) is 29.3. The van der Waals surface area contributed by atoms with Gasteiger partial charge in [0.2, 0.25) is 12.6 Å². The number of carbonyl (C=O) groups is 6. The number of rotatable bonds is 10. The maximum atomic E-state index is 13.8. The first-order valence-electron chi connectivity index (χ1n) is 20.6. The predicted octanol–water partition coefficient (Wildman–Crippen LogP) is 6.78. The smallest absolute Gasteiger partial charge is 0.311 e. The van der Waals surface area contributed by atoms with E-state index in [1.165, 1.54) is 6.26 Å². The van der Waals surface area contributed by atoms with E-state index in [0.29, 0.717) is 5.57 Å². The Bertz CT molecular complexity index is 1670. The minimum Gasteiger partial charge on any atom is -0.472 e. The van der Waals surface area contributed by atoms with Crippen molar-refractivity contribution in [3.8, 4) is 0 Å². The quantitative estimate of drug-likeness (QED) is 0.127. The second-order valence-electron chi connectivity index (χ2n) is 22.0. The van der Waals surface area contributed by atoms with Gasteiger partial charge in [-0.1, -0.05) is 0 Å². The fourth-order valence-electron chi connectivity index (χ4n) is 5.74. The van der Waals surface area contributed by atoms with E-state index >= 15 is 0 Å². The summed E-state index contributed by atoms with van der Waals surface area (Å²) in [6.07, 6.45) is -4.88. The molecular weight excluding hydrogens is 780 g/mol. The molecule has 60 heavy (non-hydrogen) atoms. The SMILES string of the molecule is CC(C)(C)C(=O)OCC1=C[C@@H](OC(=O)C(C)(C)C)[C@@H]2C=CO[C@@H](O[C@@H]3O[C@H](COC(=O)C(C)(C)C)[C@@H](OC(=O)C(C)(C)C)[C@H](OC(=O)C(C)(C)C)[C@H]3OC(=O)C(C)(C)C)[C@H]12. The van der Waals surface area contributed by atoms with Gasteiger partial charge in [-0.25, -0.2) is 0 Å². The van der Waals surface area contributed by atoms with Crippen molar-refractivity contribution in [2.75, 3.05) is 13.2 Å². The van der Waals surface area contributed by atoms with Crippen LogP contribution >= 0.6 is 0 Å². The molecule has 2 aliphatic heterocycles. The zero-order valence-corrected chi connectivity index (χ0v) is 39.0. The van der Waals surface area contributed by atoms with Gasteiger partial charge >= 0.3 is 35.8 Å². The van der Waals surface area contributed by atoms with E-state index < -0.39 is 130 Å². The van der Waals surface area contributed by atoms with E-state index in [4.69, 9.17) is 42.6 Å². The summed E-state index contributed by atoms with van der Waals surface area (Å²) < 4.78 is 55.1. The van der Waals surface area contributed by atoms with Crippen molar-refractivity contribution in [1.82, 2.24) is 0 Å². The van der Waals surface area contributed by atoms with Gasteiger partial charge in [0.25, 0.3) is 0 Å². The normalized spacial score (nSPS) is 27.4. The van der Waals surface area contributed by atoms with Gasteiger partial charge in [0.05, 0.1) is 44.7 Å². The van der Waals surface area contributed by atoms with Gasteiger partial charge in [0, 0.05) is 5.92 Å². The Labute approximate surface area is 355 Å². The molecule has 1 fully saturated rings. The molecule has 0 aromatic rings. The minimum atomic E-state index is -1.62. The fraction of sp³-hybridized carbons (Fsp3) is 0.778. The Morgan fingerprint density at radius 1 is 0.517 bits per heavy atom. The van der Waals surface area contributed by atoms with E-state index in [0.717, 1.165) is 0 Å². The van der Waals surface area contributed by atoms with Crippen LogP contribution in [0.25, 0.3) is 0 Å².